The van der Waals surface area contributed by atoms with E-state index in [2.05, 4.69) is 46.5 Å². The summed E-state index contributed by atoms with van der Waals surface area (Å²) in [5.74, 6) is 1.89. The monoisotopic (exact) mass is 347 g/mol. The van der Waals surface area contributed by atoms with E-state index >= 15 is 0 Å². The molecule has 3 rings (SSSR count). The molecule has 7 heteroatoms. The van der Waals surface area contributed by atoms with Gasteiger partial charge in [-0.25, -0.2) is 0 Å². The maximum Gasteiger partial charge on any atom is 0.235 e. The minimum atomic E-state index is 0.756. The van der Waals surface area contributed by atoms with Gasteiger partial charge in [-0.1, -0.05) is 53.8 Å². The average molecular weight is 348 g/mol. The molecule has 0 atom stereocenters. The number of fused-ring (bicyclic) bond motifs is 1. The summed E-state index contributed by atoms with van der Waals surface area (Å²) < 4.78 is 2.94. The van der Waals surface area contributed by atoms with Crippen molar-refractivity contribution in [2.45, 2.75) is 42.7 Å². The van der Waals surface area contributed by atoms with Gasteiger partial charge in [0, 0.05) is 12.2 Å². The minimum absolute atomic E-state index is 0.756. The van der Waals surface area contributed by atoms with Crippen LogP contribution in [0.5, 0.6) is 0 Å². The molecular formula is C16H21N5S2. The molecule has 0 radical (unpaired) electrons. The molecule has 3 aromatic rings. The highest BCUT2D eigenvalue weighted by atomic mass is 32.2. The molecule has 0 unspecified atom stereocenters. The van der Waals surface area contributed by atoms with Crippen molar-refractivity contribution < 1.29 is 0 Å². The summed E-state index contributed by atoms with van der Waals surface area (Å²) in [5.41, 5.74) is 8.20. The van der Waals surface area contributed by atoms with Gasteiger partial charge in [-0.3, -0.25) is 0 Å². The first kappa shape index (κ1) is 16.4. The Balaban J connectivity index is 1.64. The van der Waals surface area contributed by atoms with Crippen molar-refractivity contribution >= 4 is 28.1 Å². The quantitative estimate of drug-likeness (QED) is 0.499. The molecule has 0 aliphatic rings. The lowest BCUT2D eigenvalue weighted by Gasteiger charge is -2.02. The third-order valence-corrected chi connectivity index (χ3v) is 5.83. The van der Waals surface area contributed by atoms with Gasteiger partial charge in [0.05, 0.1) is 0 Å². The van der Waals surface area contributed by atoms with E-state index in [9.17, 15) is 0 Å². The largest absolute Gasteiger partial charge is 0.330 e. The van der Waals surface area contributed by atoms with Crippen LogP contribution in [0, 0.1) is 6.92 Å². The Hall–Kier alpha value is -1.44. The highest BCUT2D eigenvalue weighted by Gasteiger charge is 2.12. The molecule has 2 heterocycles. The van der Waals surface area contributed by atoms with Crippen molar-refractivity contribution in [2.75, 3.05) is 6.54 Å². The van der Waals surface area contributed by atoms with Crippen LogP contribution in [0.25, 0.3) is 4.96 Å². The molecule has 0 fully saturated rings. The number of aryl methyl sites for hydroxylation is 2. The van der Waals surface area contributed by atoms with Crippen molar-refractivity contribution in [1.29, 1.82) is 0 Å². The highest BCUT2D eigenvalue weighted by Crippen LogP contribution is 2.28. The zero-order valence-corrected chi connectivity index (χ0v) is 14.9. The number of thioether (sulfide) groups is 1. The second-order valence-corrected chi connectivity index (χ2v) is 7.67. The Morgan fingerprint density at radius 3 is 2.87 bits per heavy atom. The molecule has 0 aliphatic heterocycles. The minimum Gasteiger partial charge on any atom is -0.330 e. The molecule has 2 N–H and O–H groups in total. The SMILES string of the molecule is Cc1ccccc1CSc1nn2c(CCCCCN)nnc2s1. The van der Waals surface area contributed by atoms with Crippen LogP contribution in [0.15, 0.2) is 28.6 Å². The predicted molar refractivity (Wildman–Crippen MR) is 96.0 cm³/mol. The number of rotatable bonds is 8. The zero-order valence-electron chi connectivity index (χ0n) is 13.2. The normalized spacial score (nSPS) is 11.4. The lowest BCUT2D eigenvalue weighted by molar-refractivity contribution is 0.654. The Bertz CT molecular complexity index is 765. The number of hydrogen-bond acceptors (Lipinski definition) is 6. The third-order valence-electron chi connectivity index (χ3n) is 3.75. The first-order chi connectivity index (χ1) is 11.3. The predicted octanol–water partition coefficient (Wildman–Crippen LogP) is 3.46. The lowest BCUT2D eigenvalue weighted by atomic mass is 10.1. The molecule has 23 heavy (non-hydrogen) atoms. The molecule has 1 aromatic carbocycles. The lowest BCUT2D eigenvalue weighted by Crippen LogP contribution is -2.00. The van der Waals surface area contributed by atoms with Crippen molar-refractivity contribution in [2.24, 2.45) is 5.73 Å². The molecular weight excluding hydrogens is 326 g/mol. The van der Waals surface area contributed by atoms with Crippen LogP contribution in [0.4, 0.5) is 0 Å². The van der Waals surface area contributed by atoms with Crippen LogP contribution in [0.1, 0.15) is 36.2 Å². The van der Waals surface area contributed by atoms with E-state index in [0.29, 0.717) is 0 Å². The van der Waals surface area contributed by atoms with Gasteiger partial charge in [-0.15, -0.1) is 15.3 Å². The van der Waals surface area contributed by atoms with Crippen molar-refractivity contribution in [3.8, 4) is 0 Å². The number of benzene rings is 1. The maximum absolute atomic E-state index is 5.53. The summed E-state index contributed by atoms with van der Waals surface area (Å²) in [6.45, 7) is 2.90. The third kappa shape index (κ3) is 4.10. The van der Waals surface area contributed by atoms with Gasteiger partial charge < -0.3 is 5.73 Å². The molecule has 2 aromatic heterocycles. The Morgan fingerprint density at radius 1 is 1.17 bits per heavy atom. The second kappa shape index (κ2) is 7.90. The van der Waals surface area contributed by atoms with Gasteiger partial charge in [-0.2, -0.15) is 4.52 Å². The fourth-order valence-electron chi connectivity index (χ4n) is 2.37. The maximum atomic E-state index is 5.53. The van der Waals surface area contributed by atoms with Crippen molar-refractivity contribution in [3.63, 3.8) is 0 Å². The van der Waals surface area contributed by atoms with E-state index in [1.807, 2.05) is 4.52 Å². The van der Waals surface area contributed by atoms with Crippen LogP contribution < -0.4 is 5.73 Å². The molecule has 0 saturated carbocycles. The van der Waals surface area contributed by atoms with Crippen LogP contribution in [-0.2, 0) is 12.2 Å². The van der Waals surface area contributed by atoms with Gasteiger partial charge in [-0.05, 0) is 37.4 Å². The molecule has 122 valence electrons. The van der Waals surface area contributed by atoms with Crippen LogP contribution in [0.3, 0.4) is 0 Å². The summed E-state index contributed by atoms with van der Waals surface area (Å²) in [4.78, 5) is 0.881. The Labute approximate surface area is 144 Å². The Morgan fingerprint density at radius 2 is 2.04 bits per heavy atom. The van der Waals surface area contributed by atoms with E-state index < -0.39 is 0 Å². The van der Waals surface area contributed by atoms with Crippen LogP contribution in [-0.4, -0.2) is 26.4 Å². The fourth-order valence-corrected chi connectivity index (χ4v) is 4.34. The zero-order chi connectivity index (χ0) is 16.1. The number of hydrogen-bond donors (Lipinski definition) is 1. The average Bonchev–Trinajstić information content (AvgIpc) is 3.12. The van der Waals surface area contributed by atoms with Gasteiger partial charge in [0.2, 0.25) is 4.96 Å². The van der Waals surface area contributed by atoms with Gasteiger partial charge in [0.15, 0.2) is 10.2 Å². The van der Waals surface area contributed by atoms with E-state index in [0.717, 1.165) is 53.1 Å². The number of nitrogens with zero attached hydrogens (tertiary/aromatic N) is 4. The summed E-state index contributed by atoms with van der Waals surface area (Å²) >= 11 is 3.37. The van der Waals surface area contributed by atoms with E-state index in [1.165, 1.54) is 11.1 Å². The van der Waals surface area contributed by atoms with E-state index in [-0.39, 0.29) is 0 Å². The van der Waals surface area contributed by atoms with Crippen molar-refractivity contribution in [3.05, 3.63) is 41.2 Å². The molecule has 0 aliphatic carbocycles. The molecule has 0 saturated heterocycles. The summed E-state index contributed by atoms with van der Waals surface area (Å²) in [6.07, 6.45) is 4.19. The Kier molecular flexibility index (Phi) is 5.64. The fraction of sp³-hybridized carbons (Fsp3) is 0.438. The molecule has 0 amide bonds. The van der Waals surface area contributed by atoms with Crippen LogP contribution >= 0.6 is 23.1 Å². The summed E-state index contributed by atoms with van der Waals surface area (Å²) in [6, 6.07) is 8.48. The second-order valence-electron chi connectivity index (χ2n) is 5.49. The first-order valence-electron chi connectivity index (χ1n) is 7.86. The highest BCUT2D eigenvalue weighted by molar-refractivity contribution is 8.00. The smallest absolute Gasteiger partial charge is 0.235 e. The van der Waals surface area contributed by atoms with E-state index in [4.69, 9.17) is 5.73 Å². The van der Waals surface area contributed by atoms with Gasteiger partial charge >= 0.3 is 0 Å². The van der Waals surface area contributed by atoms with E-state index in [1.54, 1.807) is 23.1 Å². The molecule has 0 spiro atoms. The standard InChI is InChI=1S/C16H21N5S2/c1-12-7-4-5-8-13(12)11-22-16-20-21-14(9-3-2-6-10-17)18-19-15(21)23-16/h4-5,7-8H,2-3,6,9-11,17H2,1H3. The number of nitrogens with two attached hydrogens (primary N) is 1. The molecule has 5 nitrogen and oxygen atoms in total. The topological polar surface area (TPSA) is 69.1 Å². The van der Waals surface area contributed by atoms with Gasteiger partial charge in [0.1, 0.15) is 0 Å². The first-order valence-corrected chi connectivity index (χ1v) is 9.66. The summed E-state index contributed by atoms with van der Waals surface area (Å²) in [7, 11) is 0. The number of unbranched alkanes of at least 4 members (excludes halogenated alkanes) is 2. The number of aromatic nitrogens is 4. The molecule has 0 bridgehead atoms. The summed E-state index contributed by atoms with van der Waals surface area (Å²) in [5, 5.41) is 13.2. The van der Waals surface area contributed by atoms with Crippen molar-refractivity contribution in [1.82, 2.24) is 19.8 Å². The van der Waals surface area contributed by atoms with Crippen LogP contribution in [0.2, 0.25) is 0 Å². The van der Waals surface area contributed by atoms with Gasteiger partial charge in [0.25, 0.3) is 0 Å².